The van der Waals surface area contributed by atoms with Crippen LogP contribution in [0.4, 0.5) is 5.13 Å². The SMILES string of the molecule is CC(c1cccc(C(=O)c2ccccc2)c1)c1nsc(NC2=NCCN2)n1.Cl. The van der Waals surface area contributed by atoms with Crippen LogP contribution in [-0.2, 0) is 0 Å². The third-order valence-corrected chi connectivity index (χ3v) is 5.06. The Morgan fingerprint density at radius 1 is 1.14 bits per heavy atom. The number of guanidine groups is 1. The van der Waals surface area contributed by atoms with E-state index in [1.54, 1.807) is 0 Å². The smallest absolute Gasteiger partial charge is 0.209 e. The second-order valence-corrected chi connectivity index (χ2v) is 7.03. The number of nitrogens with zero attached hydrogens (tertiary/aromatic N) is 3. The summed E-state index contributed by atoms with van der Waals surface area (Å²) in [5.41, 5.74) is 2.37. The lowest BCUT2D eigenvalue weighted by atomic mass is 9.95. The van der Waals surface area contributed by atoms with Crippen LogP contribution in [-0.4, -0.2) is 34.2 Å². The minimum atomic E-state index is -0.0150. The lowest BCUT2D eigenvalue weighted by Gasteiger charge is -2.10. The molecule has 0 radical (unpaired) electrons. The number of nitrogens with one attached hydrogen (secondary N) is 2. The number of aliphatic imine (C=N–C) groups is 1. The van der Waals surface area contributed by atoms with Crippen molar-refractivity contribution in [2.75, 3.05) is 18.4 Å². The Kier molecular flexibility index (Phi) is 6.38. The van der Waals surface area contributed by atoms with Crippen molar-refractivity contribution in [3.8, 4) is 0 Å². The fourth-order valence-electron chi connectivity index (χ4n) is 2.90. The summed E-state index contributed by atoms with van der Waals surface area (Å²) in [7, 11) is 0. The van der Waals surface area contributed by atoms with Gasteiger partial charge in [-0.25, -0.2) is 4.98 Å². The van der Waals surface area contributed by atoms with E-state index in [0.717, 1.165) is 30.4 Å². The number of anilines is 1. The van der Waals surface area contributed by atoms with Crippen LogP contribution in [0.25, 0.3) is 0 Å². The Bertz CT molecular complexity index is 989. The number of hydrogen-bond donors (Lipinski definition) is 2. The summed E-state index contributed by atoms with van der Waals surface area (Å²) in [6.45, 7) is 3.66. The fourth-order valence-corrected chi connectivity index (χ4v) is 3.55. The molecule has 144 valence electrons. The van der Waals surface area contributed by atoms with Crippen molar-refractivity contribution in [3.63, 3.8) is 0 Å². The Hall–Kier alpha value is -2.77. The van der Waals surface area contributed by atoms with E-state index in [0.29, 0.717) is 16.3 Å². The normalized spacial score (nSPS) is 13.8. The number of benzene rings is 2. The predicted octanol–water partition coefficient (Wildman–Crippen LogP) is 3.71. The van der Waals surface area contributed by atoms with Crippen molar-refractivity contribution in [3.05, 3.63) is 77.1 Å². The Labute approximate surface area is 173 Å². The Morgan fingerprint density at radius 3 is 2.68 bits per heavy atom. The Morgan fingerprint density at radius 2 is 1.93 bits per heavy atom. The highest BCUT2D eigenvalue weighted by Gasteiger charge is 2.17. The summed E-state index contributed by atoms with van der Waals surface area (Å²) in [6.07, 6.45) is 0. The highest BCUT2D eigenvalue weighted by molar-refractivity contribution is 7.09. The van der Waals surface area contributed by atoms with E-state index in [1.165, 1.54) is 11.5 Å². The third-order valence-electron chi connectivity index (χ3n) is 4.41. The molecule has 0 saturated heterocycles. The van der Waals surface area contributed by atoms with Crippen molar-refractivity contribution in [2.24, 2.45) is 4.99 Å². The third kappa shape index (κ3) is 4.37. The number of carbonyl (C=O) groups excluding carboxylic acids is 1. The first kappa shape index (κ1) is 20.0. The molecule has 1 aliphatic heterocycles. The van der Waals surface area contributed by atoms with Gasteiger partial charge in [-0.05, 0) is 11.6 Å². The van der Waals surface area contributed by atoms with Crippen LogP contribution in [0.1, 0.15) is 40.2 Å². The van der Waals surface area contributed by atoms with Gasteiger partial charge in [0.1, 0.15) is 0 Å². The van der Waals surface area contributed by atoms with Crippen molar-refractivity contribution in [1.82, 2.24) is 14.7 Å². The molecule has 4 rings (SSSR count). The molecule has 2 heterocycles. The molecule has 3 aromatic rings. The first-order valence-electron chi connectivity index (χ1n) is 8.79. The summed E-state index contributed by atoms with van der Waals surface area (Å²) in [6, 6.07) is 17.0. The average Bonchev–Trinajstić information content (AvgIpc) is 3.40. The van der Waals surface area contributed by atoms with Gasteiger partial charge in [0.05, 0.1) is 6.54 Å². The van der Waals surface area contributed by atoms with Crippen molar-refractivity contribution in [2.45, 2.75) is 12.8 Å². The molecule has 0 saturated carbocycles. The van der Waals surface area contributed by atoms with Crippen LogP contribution >= 0.6 is 23.9 Å². The molecule has 1 unspecified atom stereocenters. The van der Waals surface area contributed by atoms with E-state index in [9.17, 15) is 4.79 Å². The van der Waals surface area contributed by atoms with Crippen molar-refractivity contribution in [1.29, 1.82) is 0 Å². The van der Waals surface area contributed by atoms with Crippen LogP contribution in [0.5, 0.6) is 0 Å². The van der Waals surface area contributed by atoms with Crippen LogP contribution in [0.3, 0.4) is 0 Å². The number of aromatic nitrogens is 2. The molecule has 0 bridgehead atoms. The minimum Gasteiger partial charge on any atom is -0.354 e. The zero-order valence-corrected chi connectivity index (χ0v) is 16.9. The van der Waals surface area contributed by atoms with Crippen LogP contribution in [0.2, 0.25) is 0 Å². The largest absolute Gasteiger partial charge is 0.354 e. The van der Waals surface area contributed by atoms with E-state index >= 15 is 0 Å². The highest BCUT2D eigenvalue weighted by Crippen LogP contribution is 2.26. The molecule has 6 nitrogen and oxygen atoms in total. The molecular formula is C20H20ClN5OS. The number of rotatable bonds is 5. The molecule has 1 atom stereocenters. The van der Waals surface area contributed by atoms with Gasteiger partial charge in [-0.1, -0.05) is 55.5 Å². The average molecular weight is 414 g/mol. The zero-order valence-electron chi connectivity index (χ0n) is 15.3. The van der Waals surface area contributed by atoms with Crippen LogP contribution in [0, 0.1) is 0 Å². The van der Waals surface area contributed by atoms with Gasteiger partial charge in [0, 0.05) is 35.1 Å². The van der Waals surface area contributed by atoms with Gasteiger partial charge in [0.25, 0.3) is 0 Å². The predicted molar refractivity (Wildman–Crippen MR) is 115 cm³/mol. The van der Waals surface area contributed by atoms with Gasteiger partial charge in [0.2, 0.25) is 5.13 Å². The van der Waals surface area contributed by atoms with E-state index in [1.807, 2.05) is 61.5 Å². The monoisotopic (exact) mass is 413 g/mol. The van der Waals surface area contributed by atoms with Gasteiger partial charge in [-0.2, -0.15) is 4.37 Å². The molecule has 0 amide bonds. The molecule has 2 N–H and O–H groups in total. The molecule has 28 heavy (non-hydrogen) atoms. The summed E-state index contributed by atoms with van der Waals surface area (Å²) in [5.74, 6) is 1.47. The molecule has 0 fully saturated rings. The molecule has 8 heteroatoms. The number of carbonyl (C=O) groups is 1. The summed E-state index contributed by atoms with van der Waals surface area (Å²) < 4.78 is 4.47. The van der Waals surface area contributed by atoms with Crippen molar-refractivity contribution < 1.29 is 4.79 Å². The second kappa shape index (κ2) is 8.95. The molecule has 2 aromatic carbocycles. The number of ketones is 1. The Balaban J connectivity index is 0.00000225. The second-order valence-electron chi connectivity index (χ2n) is 6.28. The summed E-state index contributed by atoms with van der Waals surface area (Å²) in [4.78, 5) is 21.6. The maximum Gasteiger partial charge on any atom is 0.209 e. The maximum absolute atomic E-state index is 12.7. The van der Waals surface area contributed by atoms with E-state index < -0.39 is 0 Å². The van der Waals surface area contributed by atoms with E-state index in [2.05, 4.69) is 25.0 Å². The van der Waals surface area contributed by atoms with Gasteiger partial charge in [-0.15, -0.1) is 12.4 Å². The van der Waals surface area contributed by atoms with E-state index in [4.69, 9.17) is 0 Å². The minimum absolute atomic E-state index is 0. The van der Waals surface area contributed by atoms with Crippen molar-refractivity contribution >= 4 is 40.8 Å². The highest BCUT2D eigenvalue weighted by atomic mass is 35.5. The van der Waals surface area contributed by atoms with E-state index in [-0.39, 0.29) is 24.1 Å². The number of halogens is 1. The molecule has 0 aliphatic carbocycles. The summed E-state index contributed by atoms with van der Waals surface area (Å²) >= 11 is 1.31. The van der Waals surface area contributed by atoms with Gasteiger partial charge in [0.15, 0.2) is 17.6 Å². The molecule has 1 aliphatic rings. The topological polar surface area (TPSA) is 79.3 Å². The van der Waals surface area contributed by atoms with Gasteiger partial charge in [-0.3, -0.25) is 9.79 Å². The van der Waals surface area contributed by atoms with Gasteiger partial charge >= 0.3 is 0 Å². The fraction of sp³-hybridized carbons (Fsp3) is 0.200. The zero-order chi connectivity index (χ0) is 18.6. The van der Waals surface area contributed by atoms with Crippen LogP contribution in [0.15, 0.2) is 59.6 Å². The molecule has 1 aromatic heterocycles. The first-order chi connectivity index (χ1) is 13.2. The molecule has 0 spiro atoms. The first-order valence-corrected chi connectivity index (χ1v) is 9.57. The van der Waals surface area contributed by atoms with Gasteiger partial charge < -0.3 is 10.6 Å². The molecular weight excluding hydrogens is 394 g/mol. The lowest BCUT2D eigenvalue weighted by molar-refractivity contribution is 0.103. The van der Waals surface area contributed by atoms with Crippen LogP contribution < -0.4 is 10.6 Å². The standard InChI is InChI=1S/C20H19N5OS.ClH/c1-13(18-23-20(27-25-18)24-19-21-10-11-22-19)15-8-5-9-16(12-15)17(26)14-6-3-2-4-7-14;/h2-9,12-13H,10-11H2,1H3,(H2,21,22,23,24,25);1H. The lowest BCUT2D eigenvalue weighted by Crippen LogP contribution is -2.26. The summed E-state index contributed by atoms with van der Waals surface area (Å²) in [5, 5.41) is 7.01. The maximum atomic E-state index is 12.7. The quantitative estimate of drug-likeness (QED) is 0.623. The number of hydrogen-bond acceptors (Lipinski definition) is 7.